The lowest BCUT2D eigenvalue weighted by atomic mass is 10.1. The van der Waals surface area contributed by atoms with E-state index in [1.54, 1.807) is 6.20 Å². The molecule has 1 N–H and O–H groups in total. The molecule has 3 heterocycles. The van der Waals surface area contributed by atoms with Gasteiger partial charge in [-0.15, -0.1) is 0 Å². The minimum atomic E-state index is 0.604. The van der Waals surface area contributed by atoms with Crippen LogP contribution in [0.2, 0.25) is 5.02 Å². The first kappa shape index (κ1) is 18.1. The Hall–Kier alpha value is -2.90. The van der Waals surface area contributed by atoms with E-state index in [0.29, 0.717) is 11.4 Å². The SMILES string of the molecule is Cn1nc(-c2cccc(N3CCOCC3)c2)nc1Cc1ccc2[nH]ncc2c1Cl. The van der Waals surface area contributed by atoms with Gasteiger partial charge >= 0.3 is 0 Å². The number of aromatic nitrogens is 5. The maximum absolute atomic E-state index is 6.58. The first-order valence-electron chi connectivity index (χ1n) is 9.62. The molecule has 0 amide bonds. The van der Waals surface area contributed by atoms with Gasteiger partial charge in [0.15, 0.2) is 5.82 Å². The highest BCUT2D eigenvalue weighted by Crippen LogP contribution is 2.28. The first-order valence-corrected chi connectivity index (χ1v) is 10.0. The summed E-state index contributed by atoms with van der Waals surface area (Å²) in [6.45, 7) is 3.33. The van der Waals surface area contributed by atoms with Gasteiger partial charge in [0.1, 0.15) is 5.82 Å². The van der Waals surface area contributed by atoms with Crippen molar-refractivity contribution >= 4 is 28.2 Å². The van der Waals surface area contributed by atoms with Crippen LogP contribution in [-0.2, 0) is 18.2 Å². The lowest BCUT2D eigenvalue weighted by Gasteiger charge is -2.29. The third-order valence-corrected chi connectivity index (χ3v) is 5.77. The molecule has 1 saturated heterocycles. The fourth-order valence-corrected chi connectivity index (χ4v) is 3.97. The Balaban J connectivity index is 1.43. The van der Waals surface area contributed by atoms with Gasteiger partial charge in [0.05, 0.1) is 29.9 Å². The summed E-state index contributed by atoms with van der Waals surface area (Å²) in [6, 6.07) is 12.4. The van der Waals surface area contributed by atoms with Crippen LogP contribution in [0.25, 0.3) is 22.3 Å². The van der Waals surface area contributed by atoms with Gasteiger partial charge in [-0.25, -0.2) is 4.98 Å². The molecule has 7 nitrogen and oxygen atoms in total. The Morgan fingerprint density at radius 2 is 2.03 bits per heavy atom. The molecule has 0 unspecified atom stereocenters. The quantitative estimate of drug-likeness (QED) is 0.560. The van der Waals surface area contributed by atoms with Gasteiger partial charge in [-0.05, 0) is 23.8 Å². The van der Waals surface area contributed by atoms with Crippen molar-refractivity contribution in [1.82, 2.24) is 25.0 Å². The van der Waals surface area contributed by atoms with E-state index in [9.17, 15) is 0 Å². The minimum absolute atomic E-state index is 0.604. The number of aryl methyl sites for hydroxylation is 1. The highest BCUT2D eigenvalue weighted by molar-refractivity contribution is 6.36. The smallest absolute Gasteiger partial charge is 0.181 e. The van der Waals surface area contributed by atoms with E-state index in [-0.39, 0.29) is 0 Å². The molecule has 29 heavy (non-hydrogen) atoms. The summed E-state index contributed by atoms with van der Waals surface area (Å²) in [5.74, 6) is 1.58. The average Bonchev–Trinajstić information content (AvgIpc) is 3.38. The van der Waals surface area contributed by atoms with E-state index < -0.39 is 0 Å². The zero-order valence-corrected chi connectivity index (χ0v) is 16.9. The zero-order valence-electron chi connectivity index (χ0n) is 16.1. The predicted molar refractivity (Wildman–Crippen MR) is 113 cm³/mol. The lowest BCUT2D eigenvalue weighted by Crippen LogP contribution is -2.36. The van der Waals surface area contributed by atoms with Gasteiger partial charge in [-0.3, -0.25) is 9.78 Å². The van der Waals surface area contributed by atoms with Gasteiger partial charge in [0, 0.05) is 43.2 Å². The van der Waals surface area contributed by atoms with Crippen LogP contribution in [-0.4, -0.2) is 51.3 Å². The van der Waals surface area contributed by atoms with Crippen LogP contribution < -0.4 is 4.90 Å². The highest BCUT2D eigenvalue weighted by atomic mass is 35.5. The second-order valence-electron chi connectivity index (χ2n) is 7.17. The van der Waals surface area contributed by atoms with Gasteiger partial charge in [-0.2, -0.15) is 10.2 Å². The van der Waals surface area contributed by atoms with Crippen molar-refractivity contribution in [1.29, 1.82) is 0 Å². The second-order valence-corrected chi connectivity index (χ2v) is 7.55. The Morgan fingerprint density at radius 3 is 2.90 bits per heavy atom. The van der Waals surface area contributed by atoms with E-state index >= 15 is 0 Å². The number of nitrogens with one attached hydrogen (secondary N) is 1. The van der Waals surface area contributed by atoms with Crippen LogP contribution in [0.5, 0.6) is 0 Å². The molecule has 5 rings (SSSR count). The standard InChI is InChI=1S/C21H21ClN6O/c1-27-19(12-14-5-6-18-17(20(14)22)13-23-25-18)24-21(26-27)15-3-2-4-16(11-15)28-7-9-29-10-8-28/h2-6,11,13H,7-10,12H2,1H3,(H,23,25). The molecule has 2 aromatic heterocycles. The van der Waals surface area contributed by atoms with Crippen molar-refractivity contribution in [3.05, 3.63) is 59.0 Å². The monoisotopic (exact) mass is 408 g/mol. The summed E-state index contributed by atoms with van der Waals surface area (Å²) in [4.78, 5) is 7.13. The molecule has 0 saturated carbocycles. The minimum Gasteiger partial charge on any atom is -0.378 e. The number of halogens is 1. The van der Waals surface area contributed by atoms with Crippen molar-refractivity contribution in [2.24, 2.45) is 7.05 Å². The maximum Gasteiger partial charge on any atom is 0.181 e. The van der Waals surface area contributed by atoms with Gasteiger partial charge in [0.2, 0.25) is 0 Å². The Labute approximate surface area is 173 Å². The summed E-state index contributed by atoms with van der Waals surface area (Å²) >= 11 is 6.58. The number of hydrogen-bond donors (Lipinski definition) is 1. The van der Waals surface area contributed by atoms with Crippen molar-refractivity contribution < 1.29 is 4.74 Å². The van der Waals surface area contributed by atoms with Gasteiger partial charge in [-0.1, -0.05) is 29.8 Å². The topological polar surface area (TPSA) is 71.9 Å². The molecule has 148 valence electrons. The van der Waals surface area contributed by atoms with Crippen molar-refractivity contribution in [3.8, 4) is 11.4 Å². The number of ether oxygens (including phenoxy) is 1. The molecule has 0 radical (unpaired) electrons. The molecule has 0 spiro atoms. The number of H-pyrrole nitrogens is 1. The molecule has 1 fully saturated rings. The molecule has 4 aromatic rings. The van der Waals surface area contributed by atoms with Crippen molar-refractivity contribution in [3.63, 3.8) is 0 Å². The Bertz CT molecular complexity index is 1160. The normalized spacial score (nSPS) is 14.6. The van der Waals surface area contributed by atoms with E-state index in [2.05, 4.69) is 38.4 Å². The molecule has 8 heteroatoms. The molecule has 0 aliphatic carbocycles. The van der Waals surface area contributed by atoms with E-state index in [4.69, 9.17) is 21.3 Å². The molecular formula is C21H21ClN6O. The summed E-state index contributed by atoms with van der Waals surface area (Å²) in [7, 11) is 1.92. The second kappa shape index (κ2) is 7.50. The Morgan fingerprint density at radius 1 is 1.17 bits per heavy atom. The van der Waals surface area contributed by atoms with Crippen LogP contribution in [0.3, 0.4) is 0 Å². The fourth-order valence-electron chi connectivity index (χ4n) is 3.69. The number of benzene rings is 2. The van der Waals surface area contributed by atoms with Crippen LogP contribution in [0.1, 0.15) is 11.4 Å². The number of rotatable bonds is 4. The third kappa shape index (κ3) is 3.47. The molecule has 0 atom stereocenters. The number of anilines is 1. The predicted octanol–water partition coefficient (Wildman–Crippen LogP) is 3.44. The third-order valence-electron chi connectivity index (χ3n) is 5.32. The summed E-state index contributed by atoms with van der Waals surface area (Å²) in [5, 5.41) is 13.3. The molecule has 1 aliphatic rings. The van der Waals surface area contributed by atoms with Gasteiger partial charge in [0.25, 0.3) is 0 Å². The van der Waals surface area contributed by atoms with Crippen LogP contribution in [0, 0.1) is 0 Å². The average molecular weight is 409 g/mol. The zero-order chi connectivity index (χ0) is 19.8. The van der Waals surface area contributed by atoms with Crippen LogP contribution >= 0.6 is 11.6 Å². The van der Waals surface area contributed by atoms with Crippen LogP contribution in [0.15, 0.2) is 42.6 Å². The summed E-state index contributed by atoms with van der Waals surface area (Å²) in [5.41, 5.74) is 4.11. The molecular weight excluding hydrogens is 388 g/mol. The number of aromatic amines is 1. The molecule has 1 aliphatic heterocycles. The van der Waals surface area contributed by atoms with Crippen LogP contribution in [0.4, 0.5) is 5.69 Å². The number of fused-ring (bicyclic) bond motifs is 1. The number of hydrogen-bond acceptors (Lipinski definition) is 5. The number of morpholine rings is 1. The van der Waals surface area contributed by atoms with E-state index in [0.717, 1.165) is 60.0 Å². The summed E-state index contributed by atoms with van der Waals surface area (Å²) in [6.07, 6.45) is 2.35. The molecule has 0 bridgehead atoms. The lowest BCUT2D eigenvalue weighted by molar-refractivity contribution is 0.122. The summed E-state index contributed by atoms with van der Waals surface area (Å²) < 4.78 is 7.28. The van der Waals surface area contributed by atoms with E-state index in [1.165, 1.54) is 5.69 Å². The molecule has 2 aromatic carbocycles. The first-order chi connectivity index (χ1) is 14.2. The maximum atomic E-state index is 6.58. The fraction of sp³-hybridized carbons (Fsp3) is 0.286. The highest BCUT2D eigenvalue weighted by Gasteiger charge is 2.16. The van der Waals surface area contributed by atoms with Gasteiger partial charge < -0.3 is 9.64 Å². The van der Waals surface area contributed by atoms with Crippen molar-refractivity contribution in [2.45, 2.75) is 6.42 Å². The van der Waals surface area contributed by atoms with Crippen molar-refractivity contribution in [2.75, 3.05) is 31.2 Å². The largest absolute Gasteiger partial charge is 0.378 e. The number of nitrogens with zero attached hydrogens (tertiary/aromatic N) is 5. The Kier molecular flexibility index (Phi) is 4.69. The van der Waals surface area contributed by atoms with E-state index in [1.807, 2.05) is 29.9 Å².